The van der Waals surface area contributed by atoms with Crippen molar-refractivity contribution in [3.05, 3.63) is 60.8 Å². The SMILES string of the molecule is c1cncc(-c2cc3c(-c4nc(N5CCC6CNCCC65)c5c(C6CC6)cncc5n4)ccnc3[nH]2)c1. The smallest absolute Gasteiger partial charge is 0.163 e. The molecule has 3 fully saturated rings. The zero-order chi connectivity index (χ0) is 24.3. The molecule has 5 aromatic heterocycles. The highest BCUT2D eigenvalue weighted by molar-refractivity contribution is 5.98. The van der Waals surface area contributed by atoms with E-state index >= 15 is 0 Å². The molecule has 5 aromatic rings. The molecule has 1 saturated carbocycles. The highest BCUT2D eigenvalue weighted by atomic mass is 15.3. The summed E-state index contributed by atoms with van der Waals surface area (Å²) in [4.78, 5) is 30.0. The number of hydrogen-bond donors (Lipinski definition) is 2. The molecule has 2 aliphatic heterocycles. The summed E-state index contributed by atoms with van der Waals surface area (Å²) in [5.74, 6) is 3.08. The summed E-state index contributed by atoms with van der Waals surface area (Å²) < 4.78 is 0. The van der Waals surface area contributed by atoms with Crippen LogP contribution in [0, 0.1) is 5.92 Å². The van der Waals surface area contributed by atoms with Crippen molar-refractivity contribution < 1.29 is 0 Å². The number of aromatic amines is 1. The zero-order valence-electron chi connectivity index (χ0n) is 20.6. The van der Waals surface area contributed by atoms with Gasteiger partial charge in [0.05, 0.1) is 11.7 Å². The third-order valence-electron chi connectivity index (χ3n) is 8.36. The first-order valence-corrected chi connectivity index (χ1v) is 13.3. The molecule has 2 saturated heterocycles. The lowest BCUT2D eigenvalue weighted by molar-refractivity contribution is 0.360. The van der Waals surface area contributed by atoms with E-state index < -0.39 is 0 Å². The molecular weight excluding hydrogens is 460 g/mol. The number of pyridine rings is 3. The molecule has 2 N–H and O–H groups in total. The number of rotatable bonds is 4. The Morgan fingerprint density at radius 1 is 0.946 bits per heavy atom. The Hall–Kier alpha value is -3.91. The van der Waals surface area contributed by atoms with Gasteiger partial charge < -0.3 is 15.2 Å². The average Bonchev–Trinajstić information content (AvgIpc) is 3.56. The molecule has 8 heteroatoms. The second kappa shape index (κ2) is 8.31. The normalized spacial score (nSPS) is 21.6. The summed E-state index contributed by atoms with van der Waals surface area (Å²) in [6, 6.07) is 8.69. The Bertz CT molecular complexity index is 1620. The van der Waals surface area contributed by atoms with Crippen LogP contribution >= 0.6 is 0 Å². The van der Waals surface area contributed by atoms with Crippen molar-refractivity contribution in [2.75, 3.05) is 24.5 Å². The standard InChI is InChI=1S/C29H28N8/c1-2-18(13-30-8-1)23-12-21-20(5-10-33-27(21)34-23)28-35-24-16-32-15-22(17-3-4-17)26(24)29(36-28)37-11-7-19-14-31-9-6-25(19)37/h1-2,5,8,10,12-13,15-17,19,25,31H,3-4,6-7,9,11,14H2,(H,33,34). The van der Waals surface area contributed by atoms with E-state index in [2.05, 4.69) is 48.5 Å². The van der Waals surface area contributed by atoms with Crippen molar-refractivity contribution >= 4 is 27.8 Å². The van der Waals surface area contributed by atoms with Crippen LogP contribution < -0.4 is 10.2 Å². The molecule has 2 atom stereocenters. The lowest BCUT2D eigenvalue weighted by atomic mass is 9.94. The summed E-state index contributed by atoms with van der Waals surface area (Å²) >= 11 is 0. The van der Waals surface area contributed by atoms with Crippen molar-refractivity contribution in [3.63, 3.8) is 0 Å². The topological polar surface area (TPSA) is 95.5 Å². The van der Waals surface area contributed by atoms with Gasteiger partial charge >= 0.3 is 0 Å². The highest BCUT2D eigenvalue weighted by Crippen LogP contribution is 2.46. The van der Waals surface area contributed by atoms with Gasteiger partial charge in [-0.05, 0) is 80.4 Å². The van der Waals surface area contributed by atoms with E-state index in [9.17, 15) is 0 Å². The van der Waals surface area contributed by atoms with E-state index in [1.165, 1.54) is 30.2 Å². The Labute approximate surface area is 214 Å². The maximum atomic E-state index is 5.36. The molecule has 37 heavy (non-hydrogen) atoms. The lowest BCUT2D eigenvalue weighted by Crippen LogP contribution is -2.44. The van der Waals surface area contributed by atoms with Crippen LogP contribution in [0.3, 0.4) is 0 Å². The maximum Gasteiger partial charge on any atom is 0.163 e. The third kappa shape index (κ3) is 3.50. The summed E-state index contributed by atoms with van der Waals surface area (Å²) in [6.07, 6.45) is 14.3. The Kier molecular flexibility index (Phi) is 4.76. The van der Waals surface area contributed by atoms with Crippen molar-refractivity contribution in [3.8, 4) is 22.6 Å². The number of fused-ring (bicyclic) bond motifs is 3. The molecule has 0 bridgehead atoms. The number of hydrogen-bond acceptors (Lipinski definition) is 7. The van der Waals surface area contributed by atoms with Crippen LogP contribution in [-0.2, 0) is 0 Å². The summed E-state index contributed by atoms with van der Waals surface area (Å²) in [7, 11) is 0. The summed E-state index contributed by atoms with van der Waals surface area (Å²) in [5.41, 5.74) is 6.08. The maximum absolute atomic E-state index is 5.36. The van der Waals surface area contributed by atoms with E-state index in [0.29, 0.717) is 17.9 Å². The zero-order valence-corrected chi connectivity index (χ0v) is 20.6. The minimum absolute atomic E-state index is 0.523. The molecule has 0 radical (unpaired) electrons. The molecule has 0 amide bonds. The third-order valence-corrected chi connectivity index (χ3v) is 8.36. The molecule has 8 rings (SSSR count). The van der Waals surface area contributed by atoms with Crippen LogP contribution in [0.15, 0.2) is 55.2 Å². The van der Waals surface area contributed by atoms with Crippen molar-refractivity contribution in [2.45, 2.75) is 37.6 Å². The fourth-order valence-electron chi connectivity index (χ4n) is 6.37. The highest BCUT2D eigenvalue weighted by Gasteiger charge is 2.38. The second-order valence-electron chi connectivity index (χ2n) is 10.6. The van der Waals surface area contributed by atoms with Gasteiger partial charge in [0.1, 0.15) is 11.5 Å². The fourth-order valence-corrected chi connectivity index (χ4v) is 6.37. The molecular formula is C29H28N8. The minimum atomic E-state index is 0.523. The van der Waals surface area contributed by atoms with Crippen molar-refractivity contribution in [2.24, 2.45) is 5.92 Å². The molecule has 3 aliphatic rings. The van der Waals surface area contributed by atoms with E-state index in [0.717, 1.165) is 71.1 Å². The summed E-state index contributed by atoms with van der Waals surface area (Å²) in [5, 5.41) is 5.81. The quantitative estimate of drug-likeness (QED) is 0.379. The van der Waals surface area contributed by atoms with Crippen LogP contribution in [0.2, 0.25) is 0 Å². The van der Waals surface area contributed by atoms with Gasteiger partial charge in [-0.25, -0.2) is 15.0 Å². The van der Waals surface area contributed by atoms with Gasteiger partial charge in [-0.1, -0.05) is 0 Å². The van der Waals surface area contributed by atoms with Crippen molar-refractivity contribution in [1.82, 2.24) is 35.2 Å². The van der Waals surface area contributed by atoms with Gasteiger partial charge in [0.15, 0.2) is 5.82 Å². The number of piperidine rings is 1. The van der Waals surface area contributed by atoms with E-state index in [1.807, 2.05) is 30.7 Å². The predicted octanol–water partition coefficient (Wildman–Crippen LogP) is 4.70. The Morgan fingerprint density at radius 3 is 2.81 bits per heavy atom. The molecule has 1 aliphatic carbocycles. The van der Waals surface area contributed by atoms with Crippen LogP contribution in [0.1, 0.15) is 37.2 Å². The molecule has 184 valence electrons. The number of H-pyrrole nitrogens is 1. The Morgan fingerprint density at radius 2 is 1.92 bits per heavy atom. The van der Waals surface area contributed by atoms with Crippen LogP contribution in [0.5, 0.6) is 0 Å². The van der Waals surface area contributed by atoms with Crippen LogP contribution in [0.25, 0.3) is 44.6 Å². The van der Waals surface area contributed by atoms with E-state index in [1.54, 1.807) is 6.20 Å². The van der Waals surface area contributed by atoms with Gasteiger partial charge in [0.25, 0.3) is 0 Å². The second-order valence-corrected chi connectivity index (χ2v) is 10.6. The number of anilines is 1. The van der Waals surface area contributed by atoms with Gasteiger partial charge in [-0.3, -0.25) is 9.97 Å². The molecule has 7 heterocycles. The first kappa shape index (κ1) is 21.2. The van der Waals surface area contributed by atoms with Gasteiger partial charge in [0.2, 0.25) is 0 Å². The largest absolute Gasteiger partial charge is 0.353 e. The van der Waals surface area contributed by atoms with E-state index in [-0.39, 0.29) is 0 Å². The molecule has 2 unspecified atom stereocenters. The lowest BCUT2D eigenvalue weighted by Gasteiger charge is -2.33. The molecule has 8 nitrogen and oxygen atoms in total. The predicted molar refractivity (Wildman–Crippen MR) is 144 cm³/mol. The molecule has 0 spiro atoms. The monoisotopic (exact) mass is 488 g/mol. The fraction of sp³-hybridized carbons (Fsp3) is 0.345. The number of nitrogens with one attached hydrogen (secondary N) is 2. The Balaban J connectivity index is 1.33. The van der Waals surface area contributed by atoms with Gasteiger partial charge in [-0.2, -0.15) is 0 Å². The number of nitrogens with zero attached hydrogens (tertiary/aromatic N) is 6. The summed E-state index contributed by atoms with van der Waals surface area (Å²) in [6.45, 7) is 3.20. The van der Waals surface area contributed by atoms with Crippen LogP contribution in [-0.4, -0.2) is 55.6 Å². The molecule has 0 aromatic carbocycles. The first-order chi connectivity index (χ1) is 18.3. The van der Waals surface area contributed by atoms with Gasteiger partial charge in [0, 0.05) is 65.0 Å². The average molecular weight is 489 g/mol. The number of aromatic nitrogens is 6. The van der Waals surface area contributed by atoms with Gasteiger partial charge in [-0.15, -0.1) is 0 Å². The first-order valence-electron chi connectivity index (χ1n) is 13.3. The minimum Gasteiger partial charge on any atom is -0.353 e. The van der Waals surface area contributed by atoms with Crippen molar-refractivity contribution in [1.29, 1.82) is 0 Å². The van der Waals surface area contributed by atoms with E-state index in [4.69, 9.17) is 9.97 Å². The van der Waals surface area contributed by atoms with Crippen LogP contribution in [0.4, 0.5) is 5.82 Å².